The number of rotatable bonds is 6. The summed E-state index contributed by atoms with van der Waals surface area (Å²) >= 11 is 0. The Bertz CT molecular complexity index is 1680. The molecule has 0 atom stereocenters. The van der Waals surface area contributed by atoms with Crippen LogP contribution in [0.3, 0.4) is 0 Å². The standard InChI is InChI=1S/C38H26N4/c1-2-5-27(6-3-1)28-12-18-34(19-13-28)38-41-36(32-14-8-29(9-15-32)31-20-23-39-24-21-31)25-37(42-38)33-16-10-30(11-17-33)35-7-4-22-40-26-35/h1-26H. The van der Waals surface area contributed by atoms with Crippen LogP contribution in [0.5, 0.6) is 0 Å². The first kappa shape index (κ1) is 25.2. The van der Waals surface area contributed by atoms with E-state index in [2.05, 4.69) is 119 Å². The zero-order chi connectivity index (χ0) is 28.1. The maximum absolute atomic E-state index is 5.04. The van der Waals surface area contributed by atoms with Crippen LogP contribution in [0.1, 0.15) is 0 Å². The second kappa shape index (κ2) is 11.4. The molecule has 42 heavy (non-hydrogen) atoms. The highest BCUT2D eigenvalue weighted by Crippen LogP contribution is 2.31. The normalized spacial score (nSPS) is 10.9. The lowest BCUT2D eigenvalue weighted by Crippen LogP contribution is -1.96. The van der Waals surface area contributed by atoms with Crippen molar-refractivity contribution in [3.63, 3.8) is 0 Å². The molecule has 4 heteroatoms. The van der Waals surface area contributed by atoms with Gasteiger partial charge >= 0.3 is 0 Å². The lowest BCUT2D eigenvalue weighted by molar-refractivity contribution is 1.18. The smallest absolute Gasteiger partial charge is 0.160 e. The number of hydrogen-bond acceptors (Lipinski definition) is 4. The Morgan fingerprint density at radius 1 is 0.310 bits per heavy atom. The lowest BCUT2D eigenvalue weighted by Gasteiger charge is -2.11. The van der Waals surface area contributed by atoms with Crippen molar-refractivity contribution < 1.29 is 0 Å². The molecule has 7 aromatic rings. The van der Waals surface area contributed by atoms with Gasteiger partial charge in [0.2, 0.25) is 0 Å². The minimum atomic E-state index is 0.691. The Morgan fingerprint density at radius 3 is 1.31 bits per heavy atom. The van der Waals surface area contributed by atoms with Crippen molar-refractivity contribution >= 4 is 0 Å². The number of nitrogens with zero attached hydrogens (tertiary/aromatic N) is 4. The second-order valence-corrected chi connectivity index (χ2v) is 10.0. The first-order valence-electron chi connectivity index (χ1n) is 13.9. The topological polar surface area (TPSA) is 51.6 Å². The molecule has 3 aromatic heterocycles. The molecular formula is C38H26N4. The summed E-state index contributed by atoms with van der Waals surface area (Å²) in [7, 11) is 0. The fourth-order valence-corrected chi connectivity index (χ4v) is 5.06. The van der Waals surface area contributed by atoms with Crippen LogP contribution in [0, 0.1) is 0 Å². The molecule has 3 heterocycles. The molecule has 0 fully saturated rings. The fourth-order valence-electron chi connectivity index (χ4n) is 5.06. The van der Waals surface area contributed by atoms with Gasteiger partial charge in [0.25, 0.3) is 0 Å². The molecule has 0 saturated carbocycles. The minimum Gasteiger partial charge on any atom is -0.265 e. The van der Waals surface area contributed by atoms with Crippen LogP contribution < -0.4 is 0 Å². The van der Waals surface area contributed by atoms with Gasteiger partial charge in [-0.1, -0.05) is 109 Å². The molecule has 0 N–H and O–H groups in total. The molecule has 0 amide bonds. The van der Waals surface area contributed by atoms with Gasteiger partial charge < -0.3 is 0 Å². The summed E-state index contributed by atoms with van der Waals surface area (Å²) in [6, 6.07) is 45.9. The van der Waals surface area contributed by atoms with Gasteiger partial charge in [-0.25, -0.2) is 9.97 Å². The number of hydrogen-bond donors (Lipinski definition) is 0. The maximum Gasteiger partial charge on any atom is 0.160 e. The van der Waals surface area contributed by atoms with Crippen LogP contribution in [0.15, 0.2) is 158 Å². The third-order valence-corrected chi connectivity index (χ3v) is 7.35. The van der Waals surface area contributed by atoms with Crippen molar-refractivity contribution in [2.75, 3.05) is 0 Å². The van der Waals surface area contributed by atoms with Gasteiger partial charge in [0.05, 0.1) is 11.4 Å². The fraction of sp³-hybridized carbons (Fsp3) is 0. The van der Waals surface area contributed by atoms with E-state index in [1.807, 2.05) is 42.9 Å². The van der Waals surface area contributed by atoms with Crippen molar-refractivity contribution in [2.24, 2.45) is 0 Å². The second-order valence-electron chi connectivity index (χ2n) is 10.0. The van der Waals surface area contributed by atoms with Gasteiger partial charge in [-0.2, -0.15) is 0 Å². The van der Waals surface area contributed by atoms with Crippen molar-refractivity contribution in [2.45, 2.75) is 0 Å². The summed E-state index contributed by atoms with van der Waals surface area (Å²) in [5.41, 5.74) is 11.6. The van der Waals surface area contributed by atoms with Crippen molar-refractivity contribution in [1.29, 1.82) is 0 Å². The SMILES string of the molecule is c1ccc(-c2ccc(-c3nc(-c4ccc(-c5ccncc5)cc4)cc(-c4ccc(-c5cccnc5)cc4)n3)cc2)cc1. The molecule has 0 bridgehead atoms. The van der Waals surface area contributed by atoms with Gasteiger partial charge in [0, 0.05) is 41.5 Å². The number of pyridine rings is 2. The molecule has 7 rings (SSSR count). The first-order valence-corrected chi connectivity index (χ1v) is 13.9. The van der Waals surface area contributed by atoms with Gasteiger partial charge in [-0.3, -0.25) is 9.97 Å². The van der Waals surface area contributed by atoms with E-state index in [4.69, 9.17) is 9.97 Å². The van der Waals surface area contributed by atoms with Crippen molar-refractivity contribution in [3.05, 3.63) is 158 Å². The van der Waals surface area contributed by atoms with Crippen molar-refractivity contribution in [3.8, 4) is 67.3 Å². The molecule has 0 spiro atoms. The summed E-state index contributed by atoms with van der Waals surface area (Å²) in [4.78, 5) is 18.5. The summed E-state index contributed by atoms with van der Waals surface area (Å²) in [5, 5.41) is 0. The summed E-state index contributed by atoms with van der Waals surface area (Å²) in [5.74, 6) is 0.691. The average molecular weight is 539 g/mol. The first-order chi connectivity index (χ1) is 20.8. The molecule has 0 aliphatic rings. The largest absolute Gasteiger partial charge is 0.265 e. The molecule has 0 saturated heterocycles. The Labute approximate surface area is 245 Å². The summed E-state index contributed by atoms with van der Waals surface area (Å²) in [6.45, 7) is 0. The lowest BCUT2D eigenvalue weighted by atomic mass is 10.0. The zero-order valence-corrected chi connectivity index (χ0v) is 22.8. The maximum atomic E-state index is 5.04. The van der Waals surface area contributed by atoms with E-state index < -0.39 is 0 Å². The predicted octanol–water partition coefficient (Wildman–Crippen LogP) is 9.27. The van der Waals surface area contributed by atoms with Gasteiger partial charge in [-0.05, 0) is 57.6 Å². The van der Waals surface area contributed by atoms with E-state index >= 15 is 0 Å². The van der Waals surface area contributed by atoms with E-state index in [1.165, 1.54) is 5.56 Å². The van der Waals surface area contributed by atoms with Crippen molar-refractivity contribution in [1.82, 2.24) is 19.9 Å². The monoisotopic (exact) mass is 538 g/mol. The van der Waals surface area contributed by atoms with Crippen LogP contribution >= 0.6 is 0 Å². The van der Waals surface area contributed by atoms with Gasteiger partial charge in [0.15, 0.2) is 5.82 Å². The average Bonchev–Trinajstić information content (AvgIpc) is 3.09. The van der Waals surface area contributed by atoms with Gasteiger partial charge in [0.1, 0.15) is 0 Å². The molecule has 4 aromatic carbocycles. The van der Waals surface area contributed by atoms with Crippen LogP contribution in [-0.4, -0.2) is 19.9 Å². The third kappa shape index (κ3) is 5.34. The Kier molecular flexibility index (Phi) is 6.85. The minimum absolute atomic E-state index is 0.691. The Morgan fingerprint density at radius 2 is 0.762 bits per heavy atom. The van der Waals surface area contributed by atoms with E-state index in [1.54, 1.807) is 6.20 Å². The van der Waals surface area contributed by atoms with E-state index in [-0.39, 0.29) is 0 Å². The van der Waals surface area contributed by atoms with Crippen LogP contribution in [-0.2, 0) is 0 Å². The Balaban J connectivity index is 1.29. The van der Waals surface area contributed by atoms with E-state index in [0.29, 0.717) is 5.82 Å². The summed E-state index contributed by atoms with van der Waals surface area (Å²) in [6.07, 6.45) is 7.30. The highest BCUT2D eigenvalue weighted by Gasteiger charge is 2.12. The Hall–Kier alpha value is -5.74. The highest BCUT2D eigenvalue weighted by atomic mass is 14.9. The van der Waals surface area contributed by atoms with E-state index in [0.717, 1.165) is 55.9 Å². The zero-order valence-electron chi connectivity index (χ0n) is 22.8. The molecule has 198 valence electrons. The summed E-state index contributed by atoms with van der Waals surface area (Å²) < 4.78 is 0. The molecule has 0 aliphatic heterocycles. The molecule has 4 nitrogen and oxygen atoms in total. The number of aromatic nitrogens is 4. The van der Waals surface area contributed by atoms with Gasteiger partial charge in [-0.15, -0.1) is 0 Å². The quantitative estimate of drug-likeness (QED) is 0.212. The van der Waals surface area contributed by atoms with E-state index in [9.17, 15) is 0 Å². The molecule has 0 aliphatic carbocycles. The predicted molar refractivity (Wildman–Crippen MR) is 170 cm³/mol. The molecule has 0 radical (unpaired) electrons. The van der Waals surface area contributed by atoms with Crippen LogP contribution in [0.25, 0.3) is 67.3 Å². The molecular weight excluding hydrogens is 512 g/mol. The highest BCUT2D eigenvalue weighted by molar-refractivity contribution is 5.76. The van der Waals surface area contributed by atoms with Crippen LogP contribution in [0.4, 0.5) is 0 Å². The number of benzene rings is 4. The third-order valence-electron chi connectivity index (χ3n) is 7.35. The van der Waals surface area contributed by atoms with Crippen LogP contribution in [0.2, 0.25) is 0 Å². The molecule has 0 unspecified atom stereocenters.